The summed E-state index contributed by atoms with van der Waals surface area (Å²) in [7, 11) is 1.42. The molecule has 23 heavy (non-hydrogen) atoms. The number of hydrogen-bond donors (Lipinski definition) is 1. The van der Waals surface area contributed by atoms with E-state index in [0.717, 1.165) is 62.3 Å². The molecule has 126 valence electrons. The normalized spacial score (nSPS) is 21.8. The van der Waals surface area contributed by atoms with Crippen molar-refractivity contribution in [1.82, 2.24) is 0 Å². The van der Waals surface area contributed by atoms with Crippen LogP contribution in [0.25, 0.3) is 0 Å². The number of fused-ring (bicyclic) bond motifs is 1. The van der Waals surface area contributed by atoms with E-state index < -0.39 is 0 Å². The Balaban J connectivity index is 1.88. The van der Waals surface area contributed by atoms with E-state index in [4.69, 9.17) is 15.2 Å². The summed E-state index contributed by atoms with van der Waals surface area (Å²) in [6.07, 6.45) is 4.71. The zero-order chi connectivity index (χ0) is 16.4. The summed E-state index contributed by atoms with van der Waals surface area (Å²) < 4.78 is 10.4. The molecule has 0 bridgehead atoms. The van der Waals surface area contributed by atoms with Gasteiger partial charge in [0.25, 0.3) is 0 Å². The average molecular weight is 318 g/mol. The molecule has 1 amide bonds. The molecular formula is C18H26N2O3. The first-order valence-electron chi connectivity index (χ1n) is 8.47. The quantitative estimate of drug-likeness (QED) is 0.851. The van der Waals surface area contributed by atoms with Crippen LogP contribution in [0.2, 0.25) is 0 Å². The van der Waals surface area contributed by atoms with Gasteiger partial charge < -0.3 is 15.2 Å². The van der Waals surface area contributed by atoms with Crippen LogP contribution in [-0.4, -0.2) is 32.5 Å². The molecule has 0 aromatic heterocycles. The molecule has 3 rings (SSSR count). The molecule has 0 radical (unpaired) electrons. The summed E-state index contributed by atoms with van der Waals surface area (Å²) in [5, 5.41) is 0. The van der Waals surface area contributed by atoms with E-state index in [9.17, 15) is 4.79 Å². The molecule has 0 spiro atoms. The molecule has 2 N–H and O–H groups in total. The minimum absolute atomic E-state index is 0.135. The molecule has 5 nitrogen and oxygen atoms in total. The van der Waals surface area contributed by atoms with Crippen LogP contribution >= 0.6 is 0 Å². The lowest BCUT2D eigenvalue weighted by molar-refractivity contribution is 0.0666. The van der Waals surface area contributed by atoms with Crippen molar-refractivity contribution in [2.24, 2.45) is 5.92 Å². The van der Waals surface area contributed by atoms with Gasteiger partial charge in [-0.05, 0) is 62.1 Å². The minimum atomic E-state index is -0.310. The third-order valence-electron chi connectivity index (χ3n) is 5.16. The number of rotatable bonds is 2. The van der Waals surface area contributed by atoms with Gasteiger partial charge in [0.05, 0.1) is 12.8 Å². The highest BCUT2D eigenvalue weighted by molar-refractivity contribution is 5.91. The van der Waals surface area contributed by atoms with Gasteiger partial charge in [-0.1, -0.05) is 6.07 Å². The molecule has 1 saturated heterocycles. The van der Waals surface area contributed by atoms with Gasteiger partial charge in [0.1, 0.15) is 0 Å². The molecule has 1 aromatic carbocycles. The number of nitrogens with two attached hydrogens (primary N) is 1. The van der Waals surface area contributed by atoms with E-state index in [1.165, 1.54) is 12.7 Å². The number of nitrogens with zero attached hydrogens (tertiary/aromatic N) is 1. The number of carbonyl (C=O) groups is 1. The molecule has 0 aliphatic carbocycles. The van der Waals surface area contributed by atoms with Crippen molar-refractivity contribution in [3.63, 3.8) is 0 Å². The molecule has 1 atom stereocenters. The maximum absolute atomic E-state index is 12.1. The number of anilines is 2. The zero-order valence-electron chi connectivity index (χ0n) is 14.0. The number of amides is 1. The molecule has 5 heteroatoms. The predicted molar refractivity (Wildman–Crippen MR) is 90.8 cm³/mol. The maximum Gasteiger partial charge on any atom is 0.414 e. The molecule has 0 unspecified atom stereocenters. The zero-order valence-corrected chi connectivity index (χ0v) is 14.0. The molecule has 2 aliphatic rings. The second-order valence-electron chi connectivity index (χ2n) is 6.62. The Morgan fingerprint density at radius 1 is 1.35 bits per heavy atom. The van der Waals surface area contributed by atoms with Crippen LogP contribution in [0, 0.1) is 5.92 Å². The fourth-order valence-corrected chi connectivity index (χ4v) is 3.73. The van der Waals surface area contributed by atoms with Gasteiger partial charge in [0.15, 0.2) is 0 Å². The van der Waals surface area contributed by atoms with Crippen molar-refractivity contribution in [2.45, 2.75) is 45.1 Å². The SMILES string of the molecule is COC(=O)N1c2ccc(CC3CCOCC3)c(N)c2CC[C@@H]1C. The number of ether oxygens (including phenoxy) is 2. The Morgan fingerprint density at radius 3 is 2.78 bits per heavy atom. The summed E-state index contributed by atoms with van der Waals surface area (Å²) in [5.41, 5.74) is 10.5. The largest absolute Gasteiger partial charge is 0.452 e. The molecule has 1 aromatic rings. The maximum atomic E-state index is 12.1. The van der Waals surface area contributed by atoms with Crippen molar-refractivity contribution >= 4 is 17.5 Å². The van der Waals surface area contributed by atoms with Crippen molar-refractivity contribution in [1.29, 1.82) is 0 Å². The first-order valence-corrected chi connectivity index (χ1v) is 8.47. The van der Waals surface area contributed by atoms with Gasteiger partial charge in [-0.15, -0.1) is 0 Å². The second kappa shape index (κ2) is 6.79. The van der Waals surface area contributed by atoms with Gasteiger partial charge >= 0.3 is 6.09 Å². The van der Waals surface area contributed by atoms with E-state index in [0.29, 0.717) is 5.92 Å². The van der Waals surface area contributed by atoms with E-state index >= 15 is 0 Å². The summed E-state index contributed by atoms with van der Waals surface area (Å²) in [5.74, 6) is 0.642. The van der Waals surface area contributed by atoms with Crippen molar-refractivity contribution < 1.29 is 14.3 Å². The lowest BCUT2D eigenvalue weighted by Gasteiger charge is -2.35. The lowest BCUT2D eigenvalue weighted by atomic mass is 9.88. The third kappa shape index (κ3) is 3.15. The van der Waals surface area contributed by atoms with Gasteiger partial charge in [-0.25, -0.2) is 4.79 Å². The lowest BCUT2D eigenvalue weighted by Crippen LogP contribution is -2.42. The fourth-order valence-electron chi connectivity index (χ4n) is 3.73. The van der Waals surface area contributed by atoms with Gasteiger partial charge in [-0.3, -0.25) is 4.90 Å². The van der Waals surface area contributed by atoms with Crippen LogP contribution < -0.4 is 10.6 Å². The summed E-state index contributed by atoms with van der Waals surface area (Å²) in [4.78, 5) is 13.8. The molecular weight excluding hydrogens is 292 g/mol. The van der Waals surface area contributed by atoms with Crippen LogP contribution in [0.1, 0.15) is 37.3 Å². The fraction of sp³-hybridized carbons (Fsp3) is 0.611. The molecule has 0 saturated carbocycles. The standard InChI is InChI=1S/C18H26N2O3/c1-12-3-5-15-16(20(12)18(21)22-2)6-4-14(17(15)19)11-13-7-9-23-10-8-13/h4,6,12-13H,3,5,7-11,19H2,1-2H3/t12-/m0/s1. The van der Waals surface area contributed by atoms with E-state index in [-0.39, 0.29) is 12.1 Å². The van der Waals surface area contributed by atoms with Gasteiger partial charge in [0, 0.05) is 24.9 Å². The summed E-state index contributed by atoms with van der Waals surface area (Å²) >= 11 is 0. The van der Waals surface area contributed by atoms with Crippen LogP contribution in [0.5, 0.6) is 0 Å². The summed E-state index contributed by atoms with van der Waals surface area (Å²) in [6, 6.07) is 4.25. The van der Waals surface area contributed by atoms with Crippen molar-refractivity contribution in [3.8, 4) is 0 Å². The smallest absolute Gasteiger partial charge is 0.414 e. The van der Waals surface area contributed by atoms with E-state index in [1.54, 1.807) is 4.90 Å². The van der Waals surface area contributed by atoms with Crippen LogP contribution in [0.15, 0.2) is 12.1 Å². The van der Waals surface area contributed by atoms with Gasteiger partial charge in [0.2, 0.25) is 0 Å². The highest BCUT2D eigenvalue weighted by Crippen LogP contribution is 2.37. The second-order valence-corrected chi connectivity index (χ2v) is 6.62. The van der Waals surface area contributed by atoms with Crippen LogP contribution in [-0.2, 0) is 22.3 Å². The number of benzene rings is 1. The Bertz CT molecular complexity index is 582. The monoisotopic (exact) mass is 318 g/mol. The first-order chi connectivity index (χ1) is 11.1. The van der Waals surface area contributed by atoms with Crippen LogP contribution in [0.3, 0.4) is 0 Å². The van der Waals surface area contributed by atoms with Crippen molar-refractivity contribution in [3.05, 3.63) is 23.3 Å². The first kappa shape index (κ1) is 16.1. The van der Waals surface area contributed by atoms with E-state index in [2.05, 4.69) is 6.07 Å². The molecule has 2 heterocycles. The number of carbonyl (C=O) groups excluding carboxylic acids is 1. The Morgan fingerprint density at radius 2 is 2.09 bits per heavy atom. The molecule has 2 aliphatic heterocycles. The minimum Gasteiger partial charge on any atom is -0.452 e. The average Bonchev–Trinajstić information content (AvgIpc) is 2.57. The predicted octanol–water partition coefficient (Wildman–Crippen LogP) is 3.15. The topological polar surface area (TPSA) is 64.8 Å². The number of hydrogen-bond acceptors (Lipinski definition) is 4. The molecule has 1 fully saturated rings. The van der Waals surface area contributed by atoms with E-state index in [1.807, 2.05) is 13.0 Å². The third-order valence-corrected chi connectivity index (χ3v) is 5.16. The van der Waals surface area contributed by atoms with Crippen LogP contribution in [0.4, 0.5) is 16.2 Å². The van der Waals surface area contributed by atoms with Gasteiger partial charge in [-0.2, -0.15) is 0 Å². The highest BCUT2D eigenvalue weighted by atomic mass is 16.5. The summed E-state index contributed by atoms with van der Waals surface area (Å²) in [6.45, 7) is 3.75. The Hall–Kier alpha value is -1.75. The Labute approximate surface area is 137 Å². The number of nitrogen functional groups attached to an aromatic ring is 1. The number of methoxy groups -OCH3 is 1. The highest BCUT2D eigenvalue weighted by Gasteiger charge is 2.31. The Kier molecular flexibility index (Phi) is 4.76. The van der Waals surface area contributed by atoms with Crippen molar-refractivity contribution in [2.75, 3.05) is 31.0 Å².